The summed E-state index contributed by atoms with van der Waals surface area (Å²) >= 11 is 0. The van der Waals surface area contributed by atoms with Gasteiger partial charge in [0, 0.05) is 5.56 Å². The van der Waals surface area contributed by atoms with E-state index in [2.05, 4.69) is 13.0 Å². The van der Waals surface area contributed by atoms with Gasteiger partial charge in [-0.15, -0.1) is 0 Å². The zero-order valence-electron chi connectivity index (χ0n) is 19.3. The van der Waals surface area contributed by atoms with Crippen molar-refractivity contribution in [3.8, 4) is 17.6 Å². The SMILES string of the molecule is CCOC(=O)C1=C(C)OC(N)=C(C#N)C1c1ccc(OC)c(COc2ccc(CC)cc2)c1. The van der Waals surface area contributed by atoms with Crippen LogP contribution in [0.15, 0.2) is 65.3 Å². The fraction of sp³-hybridized carbons (Fsp3) is 0.308. The summed E-state index contributed by atoms with van der Waals surface area (Å²) in [4.78, 5) is 12.7. The third-order valence-corrected chi connectivity index (χ3v) is 5.46. The molecule has 0 amide bonds. The summed E-state index contributed by atoms with van der Waals surface area (Å²) in [6.45, 7) is 5.89. The van der Waals surface area contributed by atoms with Gasteiger partial charge in [0.05, 0.1) is 25.2 Å². The van der Waals surface area contributed by atoms with E-state index in [-0.39, 0.29) is 30.2 Å². The van der Waals surface area contributed by atoms with Crippen LogP contribution in [0.4, 0.5) is 0 Å². The Morgan fingerprint density at radius 2 is 1.91 bits per heavy atom. The lowest BCUT2D eigenvalue weighted by Crippen LogP contribution is -2.25. The van der Waals surface area contributed by atoms with Crippen LogP contribution in [0.25, 0.3) is 0 Å². The third kappa shape index (κ3) is 5.12. The predicted molar refractivity (Wildman–Crippen MR) is 123 cm³/mol. The molecule has 0 saturated heterocycles. The van der Waals surface area contributed by atoms with E-state index in [9.17, 15) is 10.1 Å². The first kappa shape index (κ1) is 23.7. The Kier molecular flexibility index (Phi) is 7.62. The van der Waals surface area contributed by atoms with Crippen LogP contribution < -0.4 is 15.2 Å². The first-order chi connectivity index (χ1) is 15.9. The van der Waals surface area contributed by atoms with Gasteiger partial charge >= 0.3 is 5.97 Å². The molecule has 7 heteroatoms. The van der Waals surface area contributed by atoms with Crippen molar-refractivity contribution in [1.29, 1.82) is 5.26 Å². The molecular formula is C26H28N2O5. The Balaban J connectivity index is 1.99. The second-order valence-electron chi connectivity index (χ2n) is 7.47. The summed E-state index contributed by atoms with van der Waals surface area (Å²) < 4.78 is 22.2. The molecule has 1 aliphatic rings. The van der Waals surface area contributed by atoms with E-state index in [1.54, 1.807) is 33.1 Å². The number of nitriles is 1. The molecular weight excluding hydrogens is 420 g/mol. The molecule has 0 aliphatic carbocycles. The summed E-state index contributed by atoms with van der Waals surface area (Å²) in [7, 11) is 1.58. The van der Waals surface area contributed by atoms with Gasteiger partial charge in [-0.1, -0.05) is 25.1 Å². The van der Waals surface area contributed by atoms with Crippen molar-refractivity contribution in [1.82, 2.24) is 0 Å². The van der Waals surface area contributed by atoms with Crippen LogP contribution in [-0.4, -0.2) is 19.7 Å². The number of nitrogens with zero attached hydrogens (tertiary/aromatic N) is 1. The fourth-order valence-electron chi connectivity index (χ4n) is 3.76. The summed E-state index contributed by atoms with van der Waals surface area (Å²) in [5.74, 6) is 0.360. The number of esters is 1. The maximum Gasteiger partial charge on any atom is 0.338 e. The van der Waals surface area contributed by atoms with Crippen molar-refractivity contribution >= 4 is 5.97 Å². The van der Waals surface area contributed by atoms with Crippen LogP contribution >= 0.6 is 0 Å². The number of ether oxygens (including phenoxy) is 4. The zero-order chi connectivity index (χ0) is 24.0. The molecule has 172 valence electrons. The van der Waals surface area contributed by atoms with Crippen LogP contribution in [0.3, 0.4) is 0 Å². The van der Waals surface area contributed by atoms with E-state index < -0.39 is 11.9 Å². The highest BCUT2D eigenvalue weighted by molar-refractivity contribution is 5.92. The molecule has 2 aromatic rings. The largest absolute Gasteiger partial charge is 0.496 e. The average Bonchev–Trinajstić information content (AvgIpc) is 2.82. The number of rotatable bonds is 8. The van der Waals surface area contributed by atoms with Gasteiger partial charge in [0.1, 0.15) is 35.5 Å². The predicted octanol–water partition coefficient (Wildman–Crippen LogP) is 4.48. The smallest absolute Gasteiger partial charge is 0.338 e. The van der Waals surface area contributed by atoms with Crippen LogP contribution in [0, 0.1) is 11.3 Å². The maximum atomic E-state index is 12.7. The first-order valence-electron chi connectivity index (χ1n) is 10.8. The minimum Gasteiger partial charge on any atom is -0.496 e. The molecule has 7 nitrogen and oxygen atoms in total. The van der Waals surface area contributed by atoms with Gasteiger partial charge in [0.15, 0.2) is 0 Å². The lowest BCUT2D eigenvalue weighted by Gasteiger charge is -2.27. The number of benzene rings is 2. The third-order valence-electron chi connectivity index (χ3n) is 5.46. The minimum absolute atomic E-state index is 0.0299. The molecule has 0 radical (unpaired) electrons. The van der Waals surface area contributed by atoms with Crippen LogP contribution in [-0.2, 0) is 27.3 Å². The van der Waals surface area contributed by atoms with Gasteiger partial charge in [0.2, 0.25) is 5.88 Å². The van der Waals surface area contributed by atoms with Gasteiger partial charge in [-0.3, -0.25) is 0 Å². The number of carbonyl (C=O) groups is 1. The van der Waals surface area contributed by atoms with Crippen molar-refractivity contribution in [2.75, 3.05) is 13.7 Å². The second kappa shape index (κ2) is 10.6. The van der Waals surface area contributed by atoms with Gasteiger partial charge in [-0.25, -0.2) is 4.79 Å². The molecule has 0 saturated carbocycles. The van der Waals surface area contributed by atoms with Gasteiger partial charge < -0.3 is 24.7 Å². The van der Waals surface area contributed by atoms with Crippen molar-refractivity contribution < 1.29 is 23.7 Å². The van der Waals surface area contributed by atoms with E-state index in [0.29, 0.717) is 17.1 Å². The Bertz CT molecular complexity index is 1130. The molecule has 1 unspecified atom stereocenters. The standard InChI is InChI=1S/C26H28N2O5/c1-5-17-7-10-20(11-8-17)32-15-19-13-18(9-12-22(19)30-4)24-21(14-27)25(28)33-16(3)23(24)26(29)31-6-2/h7-13,24H,5-6,15,28H2,1-4H3. The summed E-state index contributed by atoms with van der Waals surface area (Å²) in [5.41, 5.74) is 9.06. The molecule has 0 spiro atoms. The molecule has 1 atom stereocenters. The quantitative estimate of drug-likeness (QED) is 0.594. The molecule has 3 rings (SSSR count). The number of nitrogens with two attached hydrogens (primary N) is 1. The molecule has 0 fully saturated rings. The molecule has 0 bridgehead atoms. The Morgan fingerprint density at radius 3 is 2.52 bits per heavy atom. The monoisotopic (exact) mass is 448 g/mol. The van der Waals surface area contributed by atoms with E-state index in [0.717, 1.165) is 17.7 Å². The highest BCUT2D eigenvalue weighted by Gasteiger charge is 2.36. The van der Waals surface area contributed by atoms with Gasteiger partial charge in [-0.05, 0) is 55.7 Å². The Hall–Kier alpha value is -3.92. The molecule has 33 heavy (non-hydrogen) atoms. The van der Waals surface area contributed by atoms with Crippen LogP contribution in [0.1, 0.15) is 43.4 Å². The molecule has 2 aromatic carbocycles. The van der Waals surface area contributed by atoms with Crippen molar-refractivity contribution in [2.24, 2.45) is 5.73 Å². The lowest BCUT2D eigenvalue weighted by molar-refractivity contribution is -0.139. The molecule has 1 heterocycles. The van der Waals surface area contributed by atoms with Crippen LogP contribution in [0.2, 0.25) is 0 Å². The number of aryl methyl sites for hydroxylation is 1. The first-order valence-corrected chi connectivity index (χ1v) is 10.8. The summed E-state index contributed by atoms with van der Waals surface area (Å²) in [6.07, 6.45) is 0.953. The molecule has 0 aromatic heterocycles. The van der Waals surface area contributed by atoms with E-state index >= 15 is 0 Å². The number of allylic oxidation sites excluding steroid dienone is 2. The summed E-state index contributed by atoms with van der Waals surface area (Å²) in [6, 6.07) is 15.4. The fourth-order valence-corrected chi connectivity index (χ4v) is 3.76. The van der Waals surface area contributed by atoms with E-state index in [1.807, 2.05) is 30.3 Å². The lowest BCUT2D eigenvalue weighted by atomic mass is 9.82. The number of carbonyl (C=O) groups excluding carboxylic acids is 1. The molecule has 2 N–H and O–H groups in total. The summed E-state index contributed by atoms with van der Waals surface area (Å²) in [5, 5.41) is 9.78. The number of hydrogen-bond donors (Lipinski definition) is 1. The van der Waals surface area contributed by atoms with Crippen molar-refractivity contribution in [3.63, 3.8) is 0 Å². The highest BCUT2D eigenvalue weighted by Crippen LogP contribution is 2.40. The van der Waals surface area contributed by atoms with Gasteiger partial charge in [0.25, 0.3) is 0 Å². The zero-order valence-corrected chi connectivity index (χ0v) is 19.3. The average molecular weight is 449 g/mol. The van der Waals surface area contributed by atoms with Crippen molar-refractivity contribution in [3.05, 3.63) is 81.9 Å². The topological polar surface area (TPSA) is 104 Å². The minimum atomic E-state index is -0.726. The van der Waals surface area contributed by atoms with E-state index in [1.165, 1.54) is 5.56 Å². The maximum absolute atomic E-state index is 12.7. The van der Waals surface area contributed by atoms with Crippen LogP contribution in [0.5, 0.6) is 11.5 Å². The van der Waals surface area contributed by atoms with Gasteiger partial charge in [-0.2, -0.15) is 5.26 Å². The normalized spacial score (nSPS) is 15.5. The number of hydrogen-bond acceptors (Lipinski definition) is 7. The molecule has 1 aliphatic heterocycles. The van der Waals surface area contributed by atoms with Crippen molar-refractivity contribution in [2.45, 2.75) is 39.7 Å². The van der Waals surface area contributed by atoms with E-state index in [4.69, 9.17) is 24.7 Å². The Morgan fingerprint density at radius 1 is 1.18 bits per heavy atom. The Labute approximate surface area is 194 Å². The highest BCUT2D eigenvalue weighted by atomic mass is 16.5. The second-order valence-corrected chi connectivity index (χ2v) is 7.47. The number of methoxy groups -OCH3 is 1.